The first kappa shape index (κ1) is 18.5. The fourth-order valence-electron chi connectivity index (χ4n) is 4.44. The molecule has 0 aliphatic heterocycles. The molecule has 0 bridgehead atoms. The molecule has 2 aromatic heterocycles. The molecule has 0 radical (unpaired) electrons. The molecule has 2 aliphatic rings. The molecule has 5 nitrogen and oxygen atoms in total. The topological polar surface area (TPSA) is 63.0 Å². The predicted molar refractivity (Wildman–Crippen MR) is 111 cm³/mol. The van der Waals surface area contributed by atoms with E-state index in [4.69, 9.17) is 4.98 Å². The number of unbranched alkanes of at least 4 members (excludes halogenated alkanes) is 1. The van der Waals surface area contributed by atoms with E-state index in [9.17, 15) is 5.11 Å². The van der Waals surface area contributed by atoms with Gasteiger partial charge in [0.15, 0.2) is 0 Å². The van der Waals surface area contributed by atoms with Crippen LogP contribution < -0.4 is 5.32 Å². The zero-order valence-electron chi connectivity index (χ0n) is 16.5. The average Bonchev–Trinajstić information content (AvgIpc) is 3.08. The maximum atomic E-state index is 9.91. The number of aliphatic hydroxyl groups is 1. The highest BCUT2D eigenvalue weighted by atomic mass is 16.3. The number of rotatable bonds is 6. The smallest absolute Gasteiger partial charge is 0.224 e. The molecule has 0 aromatic carbocycles. The van der Waals surface area contributed by atoms with Crippen LogP contribution in [0.4, 0.5) is 5.95 Å². The van der Waals surface area contributed by atoms with E-state index in [2.05, 4.69) is 34.1 Å². The summed E-state index contributed by atoms with van der Waals surface area (Å²) in [7, 11) is 0. The third-order valence-corrected chi connectivity index (χ3v) is 6.08. The number of aliphatic hydroxyl groups excluding tert-OH is 1. The maximum Gasteiger partial charge on any atom is 0.224 e. The van der Waals surface area contributed by atoms with Gasteiger partial charge in [0.05, 0.1) is 6.10 Å². The summed E-state index contributed by atoms with van der Waals surface area (Å²) in [5.74, 6) is 0.732. The van der Waals surface area contributed by atoms with Crippen LogP contribution in [0.1, 0.15) is 82.7 Å². The van der Waals surface area contributed by atoms with Crippen LogP contribution >= 0.6 is 0 Å². The molecule has 2 aliphatic carbocycles. The Bertz CT molecular complexity index is 802. The minimum absolute atomic E-state index is 0.135. The number of nitrogens with one attached hydrogen (secondary N) is 1. The molecule has 4 rings (SSSR count). The molecule has 0 spiro atoms. The lowest BCUT2D eigenvalue weighted by atomic mass is 9.93. The molecule has 2 aromatic rings. The first-order valence-electron chi connectivity index (χ1n) is 10.7. The number of hydrogen-bond donors (Lipinski definition) is 2. The zero-order chi connectivity index (χ0) is 18.6. The number of aromatic nitrogens is 3. The summed E-state index contributed by atoms with van der Waals surface area (Å²) < 4.78 is 2.37. The summed E-state index contributed by atoms with van der Waals surface area (Å²) in [6.45, 7) is 3.11. The number of hydrogen-bond acceptors (Lipinski definition) is 4. The van der Waals surface area contributed by atoms with E-state index in [1.54, 1.807) is 0 Å². The van der Waals surface area contributed by atoms with Gasteiger partial charge in [-0.25, -0.2) is 4.98 Å². The number of anilines is 1. The molecule has 0 saturated heterocycles. The third-order valence-electron chi connectivity index (χ3n) is 6.08. The van der Waals surface area contributed by atoms with Gasteiger partial charge >= 0.3 is 0 Å². The lowest BCUT2D eigenvalue weighted by Crippen LogP contribution is -2.21. The van der Waals surface area contributed by atoms with E-state index in [-0.39, 0.29) is 6.10 Å². The van der Waals surface area contributed by atoms with Crippen LogP contribution in [0.15, 0.2) is 18.5 Å². The predicted octanol–water partition coefficient (Wildman–Crippen LogP) is 5.08. The highest BCUT2D eigenvalue weighted by molar-refractivity contribution is 5.91. The standard InChI is InChI=1S/C22H32N4O/c1-2-3-13-23-22-24-14-19-20(16-7-5-4-6-8-16)15-26(21(19)25-22)17-9-11-18(27)12-10-17/h7,14-15,17-18,27H,2-6,8-13H2,1H3,(H,23,24,25). The van der Waals surface area contributed by atoms with E-state index in [1.165, 1.54) is 35.8 Å². The Morgan fingerprint density at radius 1 is 1.22 bits per heavy atom. The van der Waals surface area contributed by atoms with Gasteiger partial charge in [0, 0.05) is 35.9 Å². The van der Waals surface area contributed by atoms with Crippen LogP contribution in [-0.2, 0) is 0 Å². The minimum Gasteiger partial charge on any atom is -0.393 e. The molecular formula is C22H32N4O. The Balaban J connectivity index is 1.71. The second kappa shape index (κ2) is 8.42. The van der Waals surface area contributed by atoms with Crippen molar-refractivity contribution in [2.75, 3.05) is 11.9 Å². The molecule has 27 heavy (non-hydrogen) atoms. The Kier molecular flexibility index (Phi) is 5.77. The van der Waals surface area contributed by atoms with E-state index < -0.39 is 0 Å². The van der Waals surface area contributed by atoms with Gasteiger partial charge in [-0.2, -0.15) is 4.98 Å². The Morgan fingerprint density at radius 3 is 2.81 bits per heavy atom. The van der Waals surface area contributed by atoms with Crippen molar-refractivity contribution in [2.45, 2.75) is 83.3 Å². The number of nitrogens with zero attached hydrogens (tertiary/aromatic N) is 3. The van der Waals surface area contributed by atoms with Crippen molar-refractivity contribution >= 4 is 22.6 Å². The highest BCUT2D eigenvalue weighted by Crippen LogP contribution is 2.37. The summed E-state index contributed by atoms with van der Waals surface area (Å²) in [5, 5.41) is 14.5. The van der Waals surface area contributed by atoms with E-state index in [0.717, 1.165) is 63.1 Å². The molecule has 146 valence electrons. The lowest BCUT2D eigenvalue weighted by Gasteiger charge is -2.27. The van der Waals surface area contributed by atoms with Gasteiger partial charge in [0.25, 0.3) is 0 Å². The van der Waals surface area contributed by atoms with Gasteiger partial charge in [0.2, 0.25) is 5.95 Å². The zero-order valence-corrected chi connectivity index (χ0v) is 16.5. The van der Waals surface area contributed by atoms with E-state index in [0.29, 0.717) is 6.04 Å². The molecule has 5 heteroatoms. The minimum atomic E-state index is -0.135. The van der Waals surface area contributed by atoms with Crippen molar-refractivity contribution in [3.8, 4) is 0 Å². The van der Waals surface area contributed by atoms with Crippen molar-refractivity contribution in [1.82, 2.24) is 14.5 Å². The second-order valence-electron chi connectivity index (χ2n) is 8.10. The number of allylic oxidation sites excluding steroid dienone is 2. The van der Waals surface area contributed by atoms with Gasteiger partial charge in [-0.1, -0.05) is 19.4 Å². The third kappa shape index (κ3) is 4.03. The first-order valence-corrected chi connectivity index (χ1v) is 10.7. The van der Waals surface area contributed by atoms with Gasteiger partial charge in [-0.05, 0) is 63.4 Å². The SMILES string of the molecule is CCCCNc1ncc2c(C3=CCCCC3)cn(C3CCC(O)CC3)c2n1. The van der Waals surface area contributed by atoms with Crippen molar-refractivity contribution in [2.24, 2.45) is 0 Å². The van der Waals surface area contributed by atoms with Crippen molar-refractivity contribution in [3.63, 3.8) is 0 Å². The average molecular weight is 369 g/mol. The van der Waals surface area contributed by atoms with Gasteiger partial charge in [0.1, 0.15) is 5.65 Å². The molecule has 0 amide bonds. The fraction of sp³-hybridized carbons (Fsp3) is 0.636. The van der Waals surface area contributed by atoms with Gasteiger partial charge in [-0.15, -0.1) is 0 Å². The highest BCUT2D eigenvalue weighted by Gasteiger charge is 2.24. The van der Waals surface area contributed by atoms with Gasteiger partial charge < -0.3 is 15.0 Å². The second-order valence-corrected chi connectivity index (χ2v) is 8.10. The monoisotopic (exact) mass is 368 g/mol. The first-order chi connectivity index (χ1) is 13.3. The number of fused-ring (bicyclic) bond motifs is 1. The normalized spacial score (nSPS) is 23.4. The van der Waals surface area contributed by atoms with Crippen molar-refractivity contribution in [3.05, 3.63) is 24.0 Å². The summed E-state index contributed by atoms with van der Waals surface area (Å²) in [6.07, 6.45) is 17.6. The fourth-order valence-corrected chi connectivity index (χ4v) is 4.44. The largest absolute Gasteiger partial charge is 0.393 e. The van der Waals surface area contributed by atoms with E-state index in [1.807, 2.05) is 6.20 Å². The van der Waals surface area contributed by atoms with Gasteiger partial charge in [-0.3, -0.25) is 0 Å². The molecule has 2 N–H and O–H groups in total. The van der Waals surface area contributed by atoms with Crippen LogP contribution in [0.5, 0.6) is 0 Å². The molecular weight excluding hydrogens is 336 g/mol. The molecule has 1 fully saturated rings. The Morgan fingerprint density at radius 2 is 2.07 bits per heavy atom. The van der Waals surface area contributed by atoms with Crippen LogP contribution in [0, 0.1) is 0 Å². The molecule has 1 saturated carbocycles. The van der Waals surface area contributed by atoms with Crippen molar-refractivity contribution in [1.29, 1.82) is 0 Å². The lowest BCUT2D eigenvalue weighted by molar-refractivity contribution is 0.111. The Hall–Kier alpha value is -1.88. The summed E-state index contributed by atoms with van der Waals surface area (Å²) in [4.78, 5) is 9.51. The van der Waals surface area contributed by atoms with Crippen LogP contribution in [0.25, 0.3) is 16.6 Å². The van der Waals surface area contributed by atoms with Crippen molar-refractivity contribution < 1.29 is 5.11 Å². The summed E-state index contributed by atoms with van der Waals surface area (Å²) in [6, 6.07) is 0.423. The Labute approximate surface area is 161 Å². The van der Waals surface area contributed by atoms with Crippen LogP contribution in [0.3, 0.4) is 0 Å². The maximum absolute atomic E-state index is 9.91. The summed E-state index contributed by atoms with van der Waals surface area (Å²) in [5.41, 5.74) is 3.82. The molecule has 0 atom stereocenters. The van der Waals surface area contributed by atoms with E-state index >= 15 is 0 Å². The summed E-state index contributed by atoms with van der Waals surface area (Å²) >= 11 is 0. The molecule has 2 heterocycles. The quantitative estimate of drug-likeness (QED) is 0.698. The van der Waals surface area contributed by atoms with Crippen LogP contribution in [0.2, 0.25) is 0 Å². The van der Waals surface area contributed by atoms with Crippen LogP contribution in [-0.4, -0.2) is 32.3 Å². The molecule has 0 unspecified atom stereocenters.